The van der Waals surface area contributed by atoms with Crippen LogP contribution >= 0.6 is 27.7 Å². The minimum absolute atomic E-state index is 0.175. The van der Waals surface area contributed by atoms with E-state index in [4.69, 9.17) is 5.11 Å². The minimum Gasteiger partial charge on any atom is -0.481 e. The molecular weight excluding hydrogens is 300 g/mol. The molecule has 1 aromatic rings. The average molecular weight is 317 g/mol. The lowest BCUT2D eigenvalue weighted by molar-refractivity contribution is -0.137. The molecule has 0 saturated carbocycles. The lowest BCUT2D eigenvalue weighted by Gasteiger charge is -2.14. The number of carbonyl (C=O) groups is 1. The third kappa shape index (κ3) is 6.13. The van der Waals surface area contributed by atoms with Gasteiger partial charge in [0.2, 0.25) is 0 Å². The van der Waals surface area contributed by atoms with E-state index in [2.05, 4.69) is 22.9 Å². The van der Waals surface area contributed by atoms with Gasteiger partial charge in [-0.3, -0.25) is 4.79 Å². The summed E-state index contributed by atoms with van der Waals surface area (Å²) in [6.45, 7) is 2.13. The van der Waals surface area contributed by atoms with E-state index in [-0.39, 0.29) is 11.7 Å². The van der Waals surface area contributed by atoms with Gasteiger partial charge in [0.1, 0.15) is 0 Å². The summed E-state index contributed by atoms with van der Waals surface area (Å²) in [5.74, 6) is -0.712. The molecular formula is C13H17BrO2S. The summed E-state index contributed by atoms with van der Waals surface area (Å²) in [7, 11) is 0. The van der Waals surface area contributed by atoms with Crippen LogP contribution in [-0.4, -0.2) is 16.3 Å². The number of benzene rings is 1. The third-order valence-electron chi connectivity index (χ3n) is 2.40. The summed E-state index contributed by atoms with van der Waals surface area (Å²) in [5, 5.41) is 9.06. The fourth-order valence-corrected chi connectivity index (χ4v) is 2.99. The molecule has 0 aliphatic heterocycles. The van der Waals surface area contributed by atoms with Gasteiger partial charge in [-0.1, -0.05) is 35.7 Å². The smallest absolute Gasteiger partial charge is 0.304 e. The van der Waals surface area contributed by atoms with Gasteiger partial charge in [0.05, 0.1) is 6.42 Å². The standard InChI is InChI=1S/C13H17BrO2S/c1-2-3-4-12(9-13(15)16)17-11-7-5-10(14)6-8-11/h5-8,12H,2-4,9H2,1H3,(H,15,16). The molecule has 4 heteroatoms. The Morgan fingerprint density at radius 1 is 1.41 bits per heavy atom. The van der Waals surface area contributed by atoms with Gasteiger partial charge in [0.25, 0.3) is 0 Å². The quantitative estimate of drug-likeness (QED) is 0.748. The molecule has 0 aliphatic rings. The molecule has 0 fully saturated rings. The van der Waals surface area contributed by atoms with Crippen molar-refractivity contribution in [3.05, 3.63) is 28.7 Å². The fraction of sp³-hybridized carbons (Fsp3) is 0.462. The van der Waals surface area contributed by atoms with Crippen LogP contribution in [0.15, 0.2) is 33.6 Å². The topological polar surface area (TPSA) is 37.3 Å². The van der Waals surface area contributed by atoms with Crippen molar-refractivity contribution in [3.8, 4) is 0 Å². The number of unbranched alkanes of at least 4 members (excludes halogenated alkanes) is 1. The van der Waals surface area contributed by atoms with Gasteiger partial charge in [0, 0.05) is 14.6 Å². The largest absolute Gasteiger partial charge is 0.481 e. The predicted molar refractivity (Wildman–Crippen MR) is 75.6 cm³/mol. The van der Waals surface area contributed by atoms with Crippen molar-refractivity contribution in [2.24, 2.45) is 0 Å². The highest BCUT2D eigenvalue weighted by molar-refractivity contribution is 9.10. The van der Waals surface area contributed by atoms with Crippen LogP contribution in [0, 0.1) is 0 Å². The van der Waals surface area contributed by atoms with Crippen LogP contribution in [0.2, 0.25) is 0 Å². The zero-order valence-corrected chi connectivity index (χ0v) is 12.3. The molecule has 0 radical (unpaired) electrons. The van der Waals surface area contributed by atoms with E-state index in [9.17, 15) is 4.79 Å². The van der Waals surface area contributed by atoms with Crippen molar-refractivity contribution in [1.82, 2.24) is 0 Å². The second kappa shape index (κ2) is 7.77. The van der Waals surface area contributed by atoms with Crippen molar-refractivity contribution in [3.63, 3.8) is 0 Å². The lowest BCUT2D eigenvalue weighted by atomic mass is 10.1. The fourth-order valence-electron chi connectivity index (χ4n) is 1.53. The van der Waals surface area contributed by atoms with Crippen LogP contribution in [0.3, 0.4) is 0 Å². The zero-order chi connectivity index (χ0) is 12.7. The summed E-state index contributed by atoms with van der Waals surface area (Å²) in [6, 6.07) is 8.02. The third-order valence-corrected chi connectivity index (χ3v) is 4.21. The van der Waals surface area contributed by atoms with Gasteiger partial charge in [0.15, 0.2) is 0 Å². The Morgan fingerprint density at radius 2 is 2.06 bits per heavy atom. The van der Waals surface area contributed by atoms with Gasteiger partial charge < -0.3 is 5.11 Å². The number of aliphatic carboxylic acids is 1. The molecule has 0 bridgehead atoms. The highest BCUT2D eigenvalue weighted by atomic mass is 79.9. The van der Waals surface area contributed by atoms with Gasteiger partial charge in [-0.2, -0.15) is 0 Å². The van der Waals surface area contributed by atoms with E-state index in [1.807, 2.05) is 24.3 Å². The summed E-state index contributed by atoms with van der Waals surface area (Å²) in [5.41, 5.74) is 0. The number of halogens is 1. The number of rotatable bonds is 7. The van der Waals surface area contributed by atoms with Crippen LogP contribution in [0.5, 0.6) is 0 Å². The molecule has 1 aromatic carbocycles. The molecule has 0 aliphatic carbocycles. The minimum atomic E-state index is -0.712. The average Bonchev–Trinajstić information content (AvgIpc) is 2.28. The normalized spacial score (nSPS) is 12.4. The van der Waals surface area contributed by atoms with E-state index in [0.29, 0.717) is 0 Å². The Hall–Kier alpha value is -0.480. The van der Waals surface area contributed by atoms with Crippen molar-refractivity contribution in [1.29, 1.82) is 0 Å². The first-order valence-electron chi connectivity index (χ1n) is 5.76. The molecule has 94 valence electrons. The van der Waals surface area contributed by atoms with Crippen molar-refractivity contribution < 1.29 is 9.90 Å². The number of carboxylic acid groups (broad SMARTS) is 1. The lowest BCUT2D eigenvalue weighted by Crippen LogP contribution is -2.09. The second-order valence-electron chi connectivity index (χ2n) is 3.93. The predicted octanol–water partition coefficient (Wildman–Crippen LogP) is 4.57. The second-order valence-corrected chi connectivity index (χ2v) is 6.22. The first kappa shape index (κ1) is 14.6. The number of thioether (sulfide) groups is 1. The van der Waals surface area contributed by atoms with Crippen LogP contribution in [0.25, 0.3) is 0 Å². The Labute approximate surface area is 115 Å². The molecule has 0 spiro atoms. The first-order chi connectivity index (χ1) is 8.11. The summed E-state index contributed by atoms with van der Waals surface area (Å²) >= 11 is 5.05. The molecule has 1 N–H and O–H groups in total. The van der Waals surface area contributed by atoms with Crippen LogP contribution in [0.4, 0.5) is 0 Å². The van der Waals surface area contributed by atoms with Gasteiger partial charge in [-0.25, -0.2) is 0 Å². The molecule has 2 nitrogen and oxygen atoms in total. The Morgan fingerprint density at radius 3 is 2.59 bits per heavy atom. The summed E-state index contributed by atoms with van der Waals surface area (Å²) < 4.78 is 1.05. The van der Waals surface area contributed by atoms with E-state index >= 15 is 0 Å². The van der Waals surface area contributed by atoms with Crippen molar-refractivity contribution in [2.45, 2.75) is 42.8 Å². The Bertz CT molecular complexity index is 351. The maximum atomic E-state index is 10.8. The first-order valence-corrected chi connectivity index (χ1v) is 7.43. The van der Waals surface area contributed by atoms with Crippen molar-refractivity contribution in [2.75, 3.05) is 0 Å². The van der Waals surface area contributed by atoms with Gasteiger partial charge in [-0.05, 0) is 30.7 Å². The summed E-state index contributed by atoms with van der Waals surface area (Å²) in [4.78, 5) is 11.9. The molecule has 17 heavy (non-hydrogen) atoms. The zero-order valence-electron chi connectivity index (χ0n) is 9.86. The molecule has 1 unspecified atom stereocenters. The molecule has 1 rings (SSSR count). The maximum Gasteiger partial charge on any atom is 0.304 e. The highest BCUT2D eigenvalue weighted by Gasteiger charge is 2.14. The van der Waals surface area contributed by atoms with E-state index in [1.165, 1.54) is 0 Å². The SMILES string of the molecule is CCCCC(CC(=O)O)Sc1ccc(Br)cc1. The molecule has 0 heterocycles. The summed E-state index contributed by atoms with van der Waals surface area (Å²) in [6.07, 6.45) is 3.39. The van der Waals surface area contributed by atoms with Crippen LogP contribution in [0.1, 0.15) is 32.6 Å². The number of carboxylic acids is 1. The number of hydrogen-bond donors (Lipinski definition) is 1. The van der Waals surface area contributed by atoms with E-state index < -0.39 is 5.97 Å². The molecule has 0 aromatic heterocycles. The van der Waals surface area contributed by atoms with Crippen molar-refractivity contribution >= 4 is 33.7 Å². The van der Waals surface area contributed by atoms with Crippen LogP contribution < -0.4 is 0 Å². The maximum absolute atomic E-state index is 10.8. The number of hydrogen-bond acceptors (Lipinski definition) is 2. The van der Waals surface area contributed by atoms with E-state index in [0.717, 1.165) is 28.6 Å². The van der Waals surface area contributed by atoms with Gasteiger partial charge in [-0.15, -0.1) is 11.8 Å². The molecule has 0 amide bonds. The van der Waals surface area contributed by atoms with Gasteiger partial charge >= 0.3 is 5.97 Å². The highest BCUT2D eigenvalue weighted by Crippen LogP contribution is 2.29. The molecule has 1 atom stereocenters. The van der Waals surface area contributed by atoms with E-state index in [1.54, 1.807) is 11.8 Å². The molecule has 0 saturated heterocycles. The Balaban J connectivity index is 2.57. The monoisotopic (exact) mass is 316 g/mol. The Kier molecular flexibility index (Phi) is 6.66. The van der Waals surface area contributed by atoms with Crippen LogP contribution in [-0.2, 0) is 4.79 Å².